The van der Waals surface area contributed by atoms with Crippen molar-refractivity contribution in [2.75, 3.05) is 36.9 Å². The van der Waals surface area contributed by atoms with Crippen molar-refractivity contribution in [1.29, 1.82) is 0 Å². The first-order valence-electron chi connectivity index (χ1n) is 6.44. The number of amides is 1. The first-order valence-corrected chi connectivity index (χ1v) is 6.44. The number of nitrogens with one attached hydrogen (secondary N) is 2. The van der Waals surface area contributed by atoms with Gasteiger partial charge in [0.05, 0.1) is 13.2 Å². The summed E-state index contributed by atoms with van der Waals surface area (Å²) in [5.74, 6) is 0.766. The van der Waals surface area contributed by atoms with Crippen molar-refractivity contribution in [2.24, 2.45) is 5.73 Å². The second-order valence-electron chi connectivity index (χ2n) is 3.74. The summed E-state index contributed by atoms with van der Waals surface area (Å²) in [4.78, 5) is 22.8. The Labute approximate surface area is 117 Å². The number of carbonyl (C=O) groups excluding carboxylic acids is 1. The lowest BCUT2D eigenvalue weighted by Crippen LogP contribution is -2.19. The smallest absolute Gasteiger partial charge is 0.404 e. The van der Waals surface area contributed by atoms with E-state index >= 15 is 0 Å². The number of hydrogen-bond donors (Lipinski definition) is 3. The maximum absolute atomic E-state index is 10.4. The third kappa shape index (κ3) is 6.03. The van der Waals surface area contributed by atoms with Gasteiger partial charge >= 0.3 is 12.1 Å². The van der Waals surface area contributed by atoms with Gasteiger partial charge in [0, 0.05) is 6.54 Å². The highest BCUT2D eigenvalue weighted by Crippen LogP contribution is 2.11. The van der Waals surface area contributed by atoms with Crippen LogP contribution in [-0.2, 0) is 4.74 Å². The highest BCUT2D eigenvalue weighted by Gasteiger charge is 2.06. The van der Waals surface area contributed by atoms with Gasteiger partial charge in [-0.05, 0) is 13.3 Å². The SMILES string of the molecule is CCCOc1nc(NCC)nc(NCCOC(N)=O)n1. The molecule has 1 aromatic heterocycles. The van der Waals surface area contributed by atoms with Crippen molar-refractivity contribution in [3.05, 3.63) is 0 Å². The zero-order chi connectivity index (χ0) is 14.8. The van der Waals surface area contributed by atoms with Gasteiger partial charge in [0.2, 0.25) is 11.9 Å². The molecule has 0 atom stereocenters. The second-order valence-corrected chi connectivity index (χ2v) is 3.74. The van der Waals surface area contributed by atoms with Crippen LogP contribution in [0.1, 0.15) is 20.3 Å². The molecule has 4 N–H and O–H groups in total. The largest absolute Gasteiger partial charge is 0.463 e. The first-order chi connectivity index (χ1) is 9.65. The summed E-state index contributed by atoms with van der Waals surface area (Å²) in [6.45, 7) is 5.60. The van der Waals surface area contributed by atoms with Crippen molar-refractivity contribution in [2.45, 2.75) is 20.3 Å². The van der Waals surface area contributed by atoms with Crippen LogP contribution >= 0.6 is 0 Å². The number of nitrogens with zero attached hydrogens (tertiary/aromatic N) is 3. The predicted octanol–water partition coefficient (Wildman–Crippen LogP) is 0.599. The van der Waals surface area contributed by atoms with Crippen LogP contribution in [0.25, 0.3) is 0 Å². The van der Waals surface area contributed by atoms with Gasteiger partial charge in [-0.1, -0.05) is 6.92 Å². The standard InChI is InChI=1S/C11H20N6O3/c1-3-6-20-11-16-9(13-4-2)15-10(17-11)14-5-7-19-8(12)18/h3-7H2,1-2H3,(H2,12,18)(H2,13,14,15,16,17). The molecule has 0 fully saturated rings. The van der Waals surface area contributed by atoms with E-state index < -0.39 is 6.09 Å². The Morgan fingerprint density at radius 2 is 1.85 bits per heavy atom. The minimum atomic E-state index is -0.817. The van der Waals surface area contributed by atoms with E-state index in [9.17, 15) is 4.79 Å². The van der Waals surface area contributed by atoms with Crippen molar-refractivity contribution in [3.8, 4) is 6.01 Å². The minimum Gasteiger partial charge on any atom is -0.463 e. The van der Waals surface area contributed by atoms with E-state index in [1.54, 1.807) is 0 Å². The Balaban J connectivity index is 2.62. The molecule has 20 heavy (non-hydrogen) atoms. The Hall–Kier alpha value is -2.32. The van der Waals surface area contributed by atoms with Crippen molar-refractivity contribution < 1.29 is 14.3 Å². The molecule has 0 radical (unpaired) electrons. The highest BCUT2D eigenvalue weighted by atomic mass is 16.5. The fraction of sp³-hybridized carbons (Fsp3) is 0.636. The van der Waals surface area contributed by atoms with E-state index in [2.05, 4.69) is 30.3 Å². The fourth-order valence-electron chi connectivity index (χ4n) is 1.25. The van der Waals surface area contributed by atoms with Crippen molar-refractivity contribution >= 4 is 18.0 Å². The Kier molecular flexibility index (Phi) is 6.87. The molecule has 0 aromatic carbocycles. The molecule has 1 aromatic rings. The predicted molar refractivity (Wildman–Crippen MR) is 73.8 cm³/mol. The average molecular weight is 284 g/mol. The van der Waals surface area contributed by atoms with Gasteiger partial charge in [0.1, 0.15) is 6.61 Å². The molecule has 0 unspecified atom stereocenters. The van der Waals surface area contributed by atoms with Gasteiger partial charge in [0.15, 0.2) is 0 Å². The number of nitrogens with two attached hydrogens (primary N) is 1. The van der Waals surface area contributed by atoms with E-state index in [-0.39, 0.29) is 12.6 Å². The van der Waals surface area contributed by atoms with Gasteiger partial charge in [-0.15, -0.1) is 0 Å². The number of carbonyl (C=O) groups is 1. The summed E-state index contributed by atoms with van der Waals surface area (Å²) < 4.78 is 9.97. The van der Waals surface area contributed by atoms with Crippen LogP contribution in [0.2, 0.25) is 0 Å². The molecule has 112 valence electrons. The topological polar surface area (TPSA) is 124 Å². The number of primary amides is 1. The first kappa shape index (κ1) is 15.7. The molecular formula is C11H20N6O3. The normalized spacial score (nSPS) is 9.90. The molecule has 1 amide bonds. The summed E-state index contributed by atoms with van der Waals surface area (Å²) in [6.07, 6.45) is 0.0417. The number of hydrogen-bond acceptors (Lipinski definition) is 8. The van der Waals surface area contributed by atoms with E-state index in [1.807, 2.05) is 13.8 Å². The number of anilines is 2. The third-order valence-corrected chi connectivity index (χ3v) is 2.01. The third-order valence-electron chi connectivity index (χ3n) is 2.01. The molecule has 0 aliphatic carbocycles. The van der Waals surface area contributed by atoms with Crippen LogP contribution in [0.3, 0.4) is 0 Å². The molecular weight excluding hydrogens is 264 g/mol. The summed E-state index contributed by atoms with van der Waals surface area (Å²) in [6, 6.07) is 0.246. The van der Waals surface area contributed by atoms with Gasteiger partial charge < -0.3 is 25.8 Å². The van der Waals surface area contributed by atoms with E-state index in [0.29, 0.717) is 31.6 Å². The van der Waals surface area contributed by atoms with E-state index in [4.69, 9.17) is 10.5 Å². The molecule has 9 heteroatoms. The summed E-state index contributed by atoms with van der Waals surface area (Å²) in [5.41, 5.74) is 4.85. The Morgan fingerprint density at radius 3 is 2.45 bits per heavy atom. The van der Waals surface area contributed by atoms with Crippen LogP contribution in [0.4, 0.5) is 16.7 Å². The lowest BCUT2D eigenvalue weighted by molar-refractivity contribution is 0.161. The second kappa shape index (κ2) is 8.73. The zero-order valence-corrected chi connectivity index (χ0v) is 11.7. The highest BCUT2D eigenvalue weighted by molar-refractivity contribution is 5.64. The minimum absolute atomic E-state index is 0.128. The number of aromatic nitrogens is 3. The number of ether oxygens (including phenoxy) is 2. The molecule has 0 saturated heterocycles. The molecule has 1 heterocycles. The van der Waals surface area contributed by atoms with Gasteiger partial charge in [-0.3, -0.25) is 0 Å². The molecule has 0 aliphatic rings. The lowest BCUT2D eigenvalue weighted by atomic mass is 10.5. The van der Waals surface area contributed by atoms with Crippen molar-refractivity contribution in [1.82, 2.24) is 15.0 Å². The van der Waals surface area contributed by atoms with Gasteiger partial charge in [-0.25, -0.2) is 4.79 Å². The molecule has 9 nitrogen and oxygen atoms in total. The average Bonchev–Trinajstić information content (AvgIpc) is 2.41. The summed E-state index contributed by atoms with van der Waals surface area (Å²) >= 11 is 0. The number of rotatable bonds is 9. The zero-order valence-electron chi connectivity index (χ0n) is 11.7. The lowest BCUT2D eigenvalue weighted by Gasteiger charge is -2.09. The summed E-state index contributed by atoms with van der Waals surface area (Å²) in [7, 11) is 0. The molecule has 0 bridgehead atoms. The van der Waals surface area contributed by atoms with Crippen LogP contribution in [0, 0.1) is 0 Å². The molecule has 1 rings (SSSR count). The molecule has 0 saturated carbocycles. The molecule has 0 aliphatic heterocycles. The molecule has 0 spiro atoms. The fourth-order valence-corrected chi connectivity index (χ4v) is 1.25. The van der Waals surface area contributed by atoms with Crippen molar-refractivity contribution in [3.63, 3.8) is 0 Å². The van der Waals surface area contributed by atoms with E-state index in [1.165, 1.54) is 0 Å². The monoisotopic (exact) mass is 284 g/mol. The maximum atomic E-state index is 10.4. The quantitative estimate of drug-likeness (QED) is 0.563. The van der Waals surface area contributed by atoms with Crippen LogP contribution in [0.5, 0.6) is 6.01 Å². The Bertz CT molecular complexity index is 429. The maximum Gasteiger partial charge on any atom is 0.404 e. The van der Waals surface area contributed by atoms with Crippen LogP contribution in [0.15, 0.2) is 0 Å². The van der Waals surface area contributed by atoms with Crippen LogP contribution in [-0.4, -0.2) is 47.3 Å². The van der Waals surface area contributed by atoms with Gasteiger partial charge in [0.25, 0.3) is 0 Å². The summed E-state index contributed by atoms with van der Waals surface area (Å²) in [5, 5.41) is 5.89. The Morgan fingerprint density at radius 1 is 1.15 bits per heavy atom. The van der Waals surface area contributed by atoms with Crippen LogP contribution < -0.4 is 21.1 Å². The van der Waals surface area contributed by atoms with Gasteiger partial charge in [-0.2, -0.15) is 15.0 Å². The van der Waals surface area contributed by atoms with E-state index in [0.717, 1.165) is 6.42 Å².